The van der Waals surface area contributed by atoms with Gasteiger partial charge in [-0.05, 0) is 60.5 Å². The first-order chi connectivity index (χ1) is 23.7. The number of benzene rings is 2. The number of ketones is 3. The van der Waals surface area contributed by atoms with Crippen molar-refractivity contribution in [2.24, 2.45) is 11.7 Å². The van der Waals surface area contributed by atoms with Gasteiger partial charge in [-0.15, -0.1) is 10.3 Å². The van der Waals surface area contributed by atoms with Crippen LogP contribution in [0.1, 0.15) is 116 Å². The Labute approximate surface area is 295 Å². The van der Waals surface area contributed by atoms with Crippen molar-refractivity contribution in [3.8, 4) is 17.2 Å². The number of fused-ring (bicyclic) bond motifs is 3. The smallest absolute Gasteiger partial charge is 0.314 e. The summed E-state index contributed by atoms with van der Waals surface area (Å²) < 4.78 is 23.7. The molecule has 0 amide bonds. The molecule has 0 bridgehead atoms. The lowest BCUT2D eigenvalue weighted by atomic mass is 9.72. The molecule has 51 heavy (non-hydrogen) atoms. The van der Waals surface area contributed by atoms with Gasteiger partial charge in [0.05, 0.1) is 48.0 Å². The van der Waals surface area contributed by atoms with Gasteiger partial charge in [-0.25, -0.2) is 0 Å². The van der Waals surface area contributed by atoms with Gasteiger partial charge in [-0.1, -0.05) is 12.1 Å². The number of Topliss-reactive ketones (excluding diaryl/α,β-unsaturated/α-hetero) is 1. The van der Waals surface area contributed by atoms with Gasteiger partial charge in [-0.2, -0.15) is 0 Å². The molecule has 6 atom stereocenters. The van der Waals surface area contributed by atoms with Crippen LogP contribution in [-0.4, -0.2) is 92.0 Å². The fourth-order valence-electron chi connectivity index (χ4n) is 8.37. The quantitative estimate of drug-likeness (QED) is 0.214. The number of hydrogen-bond acceptors (Lipinski definition) is 13. The highest BCUT2D eigenvalue weighted by molar-refractivity contribution is 6.31. The second-order valence-corrected chi connectivity index (χ2v) is 15.6. The molecule has 0 saturated carbocycles. The number of aliphatic hydroxyl groups excluding tert-OH is 1. The van der Waals surface area contributed by atoms with Crippen LogP contribution in [0.4, 0.5) is 0 Å². The molecule has 2 heterocycles. The van der Waals surface area contributed by atoms with Gasteiger partial charge in [0.15, 0.2) is 17.9 Å². The summed E-state index contributed by atoms with van der Waals surface area (Å²) in [6, 6.07) is 3.67. The van der Waals surface area contributed by atoms with E-state index in [9.17, 15) is 39.7 Å². The van der Waals surface area contributed by atoms with E-state index in [1.807, 2.05) is 0 Å². The molecule has 2 aromatic rings. The number of aromatic hydroxyl groups is 1. The minimum atomic E-state index is -2.12. The largest absolute Gasteiger partial charge is 0.507 e. The maximum atomic E-state index is 14.4. The third-order valence-corrected chi connectivity index (χ3v) is 10.9. The van der Waals surface area contributed by atoms with Gasteiger partial charge in [0.2, 0.25) is 5.78 Å². The second-order valence-electron chi connectivity index (χ2n) is 15.6. The van der Waals surface area contributed by atoms with Crippen LogP contribution in [0.2, 0.25) is 0 Å². The van der Waals surface area contributed by atoms with Crippen molar-refractivity contribution in [3.05, 3.63) is 51.6 Å². The van der Waals surface area contributed by atoms with E-state index in [2.05, 4.69) is 0 Å². The number of rotatable bonds is 6. The average molecular weight is 710 g/mol. The topological polar surface area (TPSA) is 215 Å². The molecule has 4 aliphatic rings. The number of hydrogen-bond donors (Lipinski definition) is 4. The lowest BCUT2D eigenvalue weighted by molar-refractivity contribution is -0.293. The van der Waals surface area contributed by atoms with Crippen molar-refractivity contribution in [2.75, 3.05) is 7.11 Å². The van der Waals surface area contributed by atoms with E-state index in [4.69, 9.17) is 24.7 Å². The van der Waals surface area contributed by atoms with E-state index in [-0.39, 0.29) is 47.3 Å². The number of esters is 1. The Morgan fingerprint density at radius 1 is 1.02 bits per heavy atom. The van der Waals surface area contributed by atoms with Crippen molar-refractivity contribution in [2.45, 2.75) is 121 Å². The van der Waals surface area contributed by atoms with Crippen molar-refractivity contribution in [1.82, 2.24) is 5.06 Å². The maximum absolute atomic E-state index is 14.4. The zero-order valence-corrected chi connectivity index (χ0v) is 29.8. The second kappa shape index (κ2) is 12.7. The molecule has 2 saturated heterocycles. The Bertz CT molecular complexity index is 1790. The van der Waals surface area contributed by atoms with Gasteiger partial charge < -0.3 is 40.0 Å². The number of carbonyl (C=O) groups is 4. The summed E-state index contributed by atoms with van der Waals surface area (Å²) in [4.78, 5) is 56.0. The fourth-order valence-corrected chi connectivity index (χ4v) is 8.37. The van der Waals surface area contributed by atoms with Crippen LogP contribution in [0.25, 0.3) is 0 Å². The number of nitrogens with two attached hydrogens (primary N) is 1. The highest BCUT2D eigenvalue weighted by atomic mass is 16.7. The van der Waals surface area contributed by atoms with Crippen LogP contribution >= 0.6 is 0 Å². The maximum Gasteiger partial charge on any atom is 0.314 e. The molecule has 5 N–H and O–H groups in total. The van der Waals surface area contributed by atoms with Gasteiger partial charge in [0.25, 0.3) is 0 Å². The Morgan fingerprint density at radius 2 is 1.67 bits per heavy atom. The van der Waals surface area contributed by atoms with Crippen LogP contribution in [0.5, 0.6) is 17.2 Å². The predicted molar refractivity (Wildman–Crippen MR) is 178 cm³/mol. The number of methoxy groups -OCH3 is 1. The molecule has 14 nitrogen and oxygen atoms in total. The number of hydroxylamine groups is 2. The summed E-state index contributed by atoms with van der Waals surface area (Å²) in [5, 5.41) is 48.2. The highest BCUT2D eigenvalue weighted by Crippen LogP contribution is 2.53. The first kappa shape index (κ1) is 37.0. The molecule has 2 aliphatic heterocycles. The van der Waals surface area contributed by atoms with E-state index in [0.717, 1.165) is 5.06 Å². The number of carbonyl (C=O) groups excluding carboxylic acids is 4. The summed E-state index contributed by atoms with van der Waals surface area (Å²) in [6.07, 6.45) is -4.82. The van der Waals surface area contributed by atoms with E-state index >= 15 is 0 Å². The lowest BCUT2D eigenvalue weighted by Crippen LogP contribution is -2.59. The van der Waals surface area contributed by atoms with Crippen molar-refractivity contribution >= 4 is 23.3 Å². The molecule has 1 radical (unpaired) electrons. The standard InChI is InChI=1S/C37H45N2O12/c1-16-29(41)21(38)11-24(49-16)50-23-15-37(46,17(2)40)14-20-26(23)32(44)27-28(30(42)19-9-8-10-22(48-7)25(19)31(27)43)33(20)51-34(45)18-12-35(3,4)39(47)36(5,6)13-18/h8-10,16,18,21,23-24,29,41,44,46H,11-15,38H2,1-7H3/t16?,21-,23-,24?,29-,37-/m0/s1. The van der Waals surface area contributed by atoms with Crippen LogP contribution in [-0.2, 0) is 30.7 Å². The molecule has 2 aliphatic carbocycles. The van der Waals surface area contributed by atoms with E-state index in [1.165, 1.54) is 32.2 Å². The molecular weight excluding hydrogens is 664 g/mol. The van der Waals surface area contributed by atoms with Gasteiger partial charge >= 0.3 is 5.97 Å². The molecule has 14 heteroatoms. The van der Waals surface area contributed by atoms with Gasteiger partial charge in [-0.3, -0.25) is 19.2 Å². The Hall–Kier alpha value is -3.76. The third-order valence-electron chi connectivity index (χ3n) is 10.9. The number of aliphatic hydroxyl groups is 2. The summed E-state index contributed by atoms with van der Waals surface area (Å²) >= 11 is 0. The van der Waals surface area contributed by atoms with Gasteiger partial charge in [0, 0.05) is 53.1 Å². The van der Waals surface area contributed by atoms with Crippen molar-refractivity contribution in [3.63, 3.8) is 0 Å². The molecule has 275 valence electrons. The lowest BCUT2D eigenvalue weighted by Gasteiger charge is -2.49. The van der Waals surface area contributed by atoms with Crippen molar-refractivity contribution in [1.29, 1.82) is 0 Å². The number of phenolic OH excluding ortho intramolecular Hbond substituents is 1. The van der Waals surface area contributed by atoms with E-state index in [0.29, 0.717) is 0 Å². The molecule has 0 spiro atoms. The molecule has 2 aromatic carbocycles. The number of ether oxygens (including phenoxy) is 4. The van der Waals surface area contributed by atoms with Crippen LogP contribution in [0, 0.1) is 5.92 Å². The monoisotopic (exact) mass is 709 g/mol. The minimum Gasteiger partial charge on any atom is -0.507 e. The molecule has 6 rings (SSSR count). The SMILES string of the molecule is COc1cccc2c1C(=O)c1c(O)c3c(c(OC(=O)C4CC(C)(C)N([O])C(C)(C)C4)c1C2=O)C[C@@](O)(C(C)=O)C[C@@H]3OC1C[C@H](N)[C@@H](O)C(C)O1. The summed E-state index contributed by atoms with van der Waals surface area (Å²) in [5.74, 6) is -4.79. The summed E-state index contributed by atoms with van der Waals surface area (Å²) in [7, 11) is 1.33. The molecule has 0 aromatic heterocycles. The predicted octanol–water partition coefficient (Wildman–Crippen LogP) is 2.84. The highest BCUT2D eigenvalue weighted by Gasteiger charge is 2.52. The summed E-state index contributed by atoms with van der Waals surface area (Å²) in [5.41, 5.74) is 0.921. The molecule has 2 unspecified atom stereocenters. The first-order valence-corrected chi connectivity index (χ1v) is 17.1. The normalized spacial score (nSPS) is 30.2. The fraction of sp³-hybridized carbons (Fsp3) is 0.568. The first-order valence-electron chi connectivity index (χ1n) is 17.1. The minimum absolute atomic E-state index is 0.00929. The molecular formula is C37H45N2O12. The zero-order chi connectivity index (χ0) is 37.5. The zero-order valence-electron chi connectivity index (χ0n) is 29.8. The Kier molecular flexibility index (Phi) is 9.23. The Balaban J connectivity index is 1.56. The van der Waals surface area contributed by atoms with Crippen LogP contribution in [0.15, 0.2) is 18.2 Å². The number of piperidine rings is 1. The van der Waals surface area contributed by atoms with E-state index in [1.54, 1.807) is 34.6 Å². The third kappa shape index (κ3) is 6.06. The van der Waals surface area contributed by atoms with Crippen LogP contribution < -0.4 is 15.2 Å². The van der Waals surface area contributed by atoms with Crippen molar-refractivity contribution < 1.29 is 58.7 Å². The number of phenols is 1. The van der Waals surface area contributed by atoms with Gasteiger partial charge in [0.1, 0.15) is 22.8 Å². The summed E-state index contributed by atoms with van der Waals surface area (Å²) in [6.45, 7) is 9.63. The van der Waals surface area contributed by atoms with E-state index < -0.39 is 112 Å². The van der Waals surface area contributed by atoms with Crippen LogP contribution in [0.3, 0.4) is 0 Å². The average Bonchev–Trinajstić information content (AvgIpc) is 3.05. The number of nitrogens with zero attached hydrogens (tertiary/aromatic N) is 1. The molecule has 2 fully saturated rings. The Morgan fingerprint density at radius 3 is 2.25 bits per heavy atom.